The Kier molecular flexibility index (Phi) is 8.64. The highest BCUT2D eigenvalue weighted by Crippen LogP contribution is 2.24. The van der Waals surface area contributed by atoms with Gasteiger partial charge in [0, 0.05) is 32.8 Å². The molecule has 1 aliphatic rings. The summed E-state index contributed by atoms with van der Waals surface area (Å²) in [5.74, 6) is 0. The van der Waals surface area contributed by atoms with Gasteiger partial charge in [0.2, 0.25) is 0 Å². The molecule has 0 aliphatic heterocycles. The summed E-state index contributed by atoms with van der Waals surface area (Å²) < 4.78 is 5.89. The number of hydrogen-bond donors (Lipinski definition) is 2. The summed E-state index contributed by atoms with van der Waals surface area (Å²) in [6.07, 6.45) is 4.06. The lowest BCUT2D eigenvalue weighted by molar-refractivity contribution is 0.00770. The summed E-state index contributed by atoms with van der Waals surface area (Å²) in [5.41, 5.74) is 0. The summed E-state index contributed by atoms with van der Waals surface area (Å²) in [6.45, 7) is 5.67. The summed E-state index contributed by atoms with van der Waals surface area (Å²) in [7, 11) is 1.65. The fraction of sp³-hybridized carbons (Fsp3) is 0.933. The quantitative estimate of drug-likeness (QED) is 0.633. The SMILES string of the molecule is CCN(CCO)CCCO[C@H]1CC[C@H](N(C)C(=O)O)CC1. The molecule has 6 heteroatoms. The molecule has 6 nitrogen and oxygen atoms in total. The first kappa shape index (κ1) is 18.2. The topological polar surface area (TPSA) is 73.2 Å². The van der Waals surface area contributed by atoms with E-state index in [1.165, 1.54) is 4.90 Å². The second-order valence-electron chi connectivity index (χ2n) is 5.71. The van der Waals surface area contributed by atoms with Crippen molar-refractivity contribution in [2.45, 2.75) is 51.2 Å². The summed E-state index contributed by atoms with van der Waals surface area (Å²) in [4.78, 5) is 14.5. The Labute approximate surface area is 127 Å². The van der Waals surface area contributed by atoms with Crippen LogP contribution in [0.5, 0.6) is 0 Å². The van der Waals surface area contributed by atoms with E-state index in [-0.39, 0.29) is 18.8 Å². The van der Waals surface area contributed by atoms with Gasteiger partial charge >= 0.3 is 6.09 Å². The van der Waals surface area contributed by atoms with Crippen LogP contribution < -0.4 is 0 Å². The van der Waals surface area contributed by atoms with Crippen molar-refractivity contribution >= 4 is 6.09 Å². The predicted octanol–water partition coefficient (Wildman–Crippen LogP) is 1.63. The maximum absolute atomic E-state index is 10.9. The molecule has 0 aromatic rings. The number of rotatable bonds is 9. The zero-order chi connectivity index (χ0) is 15.7. The lowest BCUT2D eigenvalue weighted by atomic mass is 9.92. The van der Waals surface area contributed by atoms with Crippen molar-refractivity contribution in [3.63, 3.8) is 0 Å². The number of carbonyl (C=O) groups is 1. The highest BCUT2D eigenvalue weighted by Gasteiger charge is 2.26. The Hall–Kier alpha value is -0.850. The minimum Gasteiger partial charge on any atom is -0.465 e. The standard InChI is InChI=1S/C15H30N2O4/c1-3-17(10-11-18)9-4-12-21-14-7-5-13(6-8-14)16(2)15(19)20/h13-14,18H,3-12H2,1-2H3,(H,19,20)/t13-,14-. The minimum atomic E-state index is -0.845. The molecule has 124 valence electrons. The minimum absolute atomic E-state index is 0.141. The van der Waals surface area contributed by atoms with Crippen LogP contribution in [0, 0.1) is 0 Å². The van der Waals surface area contributed by atoms with Crippen LogP contribution in [0.25, 0.3) is 0 Å². The number of hydrogen-bond acceptors (Lipinski definition) is 4. The van der Waals surface area contributed by atoms with E-state index in [1.807, 2.05) is 0 Å². The van der Waals surface area contributed by atoms with Crippen molar-refractivity contribution in [2.75, 3.05) is 39.9 Å². The van der Waals surface area contributed by atoms with Crippen LogP contribution in [0.15, 0.2) is 0 Å². The van der Waals surface area contributed by atoms with Gasteiger partial charge in [-0.2, -0.15) is 0 Å². The molecular weight excluding hydrogens is 272 g/mol. The highest BCUT2D eigenvalue weighted by molar-refractivity contribution is 5.64. The molecule has 21 heavy (non-hydrogen) atoms. The van der Waals surface area contributed by atoms with Gasteiger partial charge in [-0.05, 0) is 38.6 Å². The zero-order valence-electron chi connectivity index (χ0n) is 13.3. The second kappa shape index (κ2) is 9.97. The zero-order valence-corrected chi connectivity index (χ0v) is 13.3. The molecule has 1 fully saturated rings. The number of aliphatic hydroxyl groups is 1. The van der Waals surface area contributed by atoms with E-state index in [9.17, 15) is 4.79 Å². The molecule has 0 atom stereocenters. The van der Waals surface area contributed by atoms with Crippen molar-refractivity contribution in [2.24, 2.45) is 0 Å². The molecule has 0 unspecified atom stereocenters. The molecule has 0 aromatic heterocycles. The van der Waals surface area contributed by atoms with Crippen molar-refractivity contribution in [1.29, 1.82) is 0 Å². The molecule has 0 aromatic carbocycles. The van der Waals surface area contributed by atoms with E-state index in [0.29, 0.717) is 0 Å². The number of likely N-dealkylation sites (N-methyl/N-ethyl adjacent to an activating group) is 1. The van der Waals surface area contributed by atoms with Gasteiger partial charge < -0.3 is 24.7 Å². The van der Waals surface area contributed by atoms with Crippen molar-refractivity contribution in [3.05, 3.63) is 0 Å². The van der Waals surface area contributed by atoms with E-state index in [0.717, 1.165) is 58.3 Å². The van der Waals surface area contributed by atoms with Gasteiger partial charge in [0.1, 0.15) is 0 Å². The monoisotopic (exact) mass is 302 g/mol. The average Bonchev–Trinajstić information content (AvgIpc) is 2.50. The van der Waals surface area contributed by atoms with E-state index < -0.39 is 6.09 Å². The maximum atomic E-state index is 10.9. The van der Waals surface area contributed by atoms with Gasteiger partial charge in [0.25, 0.3) is 0 Å². The predicted molar refractivity (Wildman–Crippen MR) is 81.6 cm³/mol. The van der Waals surface area contributed by atoms with Crippen LogP contribution in [0.1, 0.15) is 39.0 Å². The van der Waals surface area contributed by atoms with Crippen LogP contribution in [-0.4, -0.2) is 78.1 Å². The number of amides is 1. The first-order chi connectivity index (χ1) is 10.1. The largest absolute Gasteiger partial charge is 0.465 e. The number of aliphatic hydroxyl groups excluding tert-OH is 1. The smallest absolute Gasteiger partial charge is 0.407 e. The number of carboxylic acid groups (broad SMARTS) is 1. The number of ether oxygens (including phenoxy) is 1. The molecule has 0 heterocycles. The van der Waals surface area contributed by atoms with Crippen LogP contribution in [0.4, 0.5) is 4.79 Å². The Morgan fingerprint density at radius 3 is 2.43 bits per heavy atom. The molecule has 0 bridgehead atoms. The fourth-order valence-electron chi connectivity index (χ4n) is 2.86. The van der Waals surface area contributed by atoms with E-state index >= 15 is 0 Å². The Morgan fingerprint density at radius 2 is 1.90 bits per heavy atom. The molecule has 0 radical (unpaired) electrons. The number of nitrogens with zero attached hydrogens (tertiary/aromatic N) is 2. The molecule has 0 saturated heterocycles. The van der Waals surface area contributed by atoms with Crippen molar-refractivity contribution in [1.82, 2.24) is 9.80 Å². The lowest BCUT2D eigenvalue weighted by Gasteiger charge is -2.33. The van der Waals surface area contributed by atoms with Gasteiger partial charge in [-0.25, -0.2) is 4.79 Å². The highest BCUT2D eigenvalue weighted by atomic mass is 16.5. The Morgan fingerprint density at radius 1 is 1.24 bits per heavy atom. The van der Waals surface area contributed by atoms with Crippen LogP contribution >= 0.6 is 0 Å². The van der Waals surface area contributed by atoms with Gasteiger partial charge in [0.05, 0.1) is 12.7 Å². The van der Waals surface area contributed by atoms with Crippen LogP contribution in [0.2, 0.25) is 0 Å². The summed E-state index contributed by atoms with van der Waals surface area (Å²) >= 11 is 0. The third-order valence-corrected chi connectivity index (χ3v) is 4.33. The molecule has 1 aliphatic carbocycles. The maximum Gasteiger partial charge on any atom is 0.407 e. The van der Waals surface area contributed by atoms with E-state index in [1.54, 1.807) is 7.05 Å². The van der Waals surface area contributed by atoms with Gasteiger partial charge in [-0.1, -0.05) is 6.92 Å². The lowest BCUT2D eigenvalue weighted by Crippen LogP contribution is -2.40. The molecule has 1 saturated carbocycles. The van der Waals surface area contributed by atoms with Crippen molar-refractivity contribution in [3.8, 4) is 0 Å². The normalized spacial score (nSPS) is 22.5. The second-order valence-corrected chi connectivity index (χ2v) is 5.71. The van der Waals surface area contributed by atoms with Gasteiger partial charge in [-0.15, -0.1) is 0 Å². The third-order valence-electron chi connectivity index (χ3n) is 4.33. The van der Waals surface area contributed by atoms with Crippen molar-refractivity contribution < 1.29 is 19.7 Å². The first-order valence-electron chi connectivity index (χ1n) is 7.99. The molecule has 1 amide bonds. The van der Waals surface area contributed by atoms with E-state index in [2.05, 4.69) is 11.8 Å². The summed E-state index contributed by atoms with van der Waals surface area (Å²) in [5, 5.41) is 17.9. The van der Waals surface area contributed by atoms with Gasteiger partial charge in [-0.3, -0.25) is 0 Å². The molecule has 0 spiro atoms. The van der Waals surface area contributed by atoms with E-state index in [4.69, 9.17) is 14.9 Å². The Bertz CT molecular complexity index is 293. The summed E-state index contributed by atoms with van der Waals surface area (Å²) in [6, 6.07) is 0.141. The molecule has 2 N–H and O–H groups in total. The van der Waals surface area contributed by atoms with Gasteiger partial charge in [0.15, 0.2) is 0 Å². The van der Waals surface area contributed by atoms with Crippen LogP contribution in [-0.2, 0) is 4.74 Å². The fourth-order valence-corrected chi connectivity index (χ4v) is 2.86. The molecule has 1 rings (SSSR count). The molecular formula is C15H30N2O4. The van der Waals surface area contributed by atoms with Crippen LogP contribution in [0.3, 0.4) is 0 Å². The first-order valence-corrected chi connectivity index (χ1v) is 7.99. The Balaban J connectivity index is 2.12. The third kappa shape index (κ3) is 6.63. The average molecular weight is 302 g/mol.